The summed E-state index contributed by atoms with van der Waals surface area (Å²) in [5, 5.41) is 10.9. The molecule has 0 heterocycles. The fraction of sp³-hybridized carbons (Fsp3) is 0.235. The average Bonchev–Trinajstić information content (AvgIpc) is 2.61. The van der Waals surface area contributed by atoms with Crippen molar-refractivity contribution in [2.75, 3.05) is 16.3 Å². The molecule has 8 nitrogen and oxygen atoms in total. The van der Waals surface area contributed by atoms with Crippen molar-refractivity contribution in [1.29, 1.82) is 0 Å². The van der Waals surface area contributed by atoms with Crippen molar-refractivity contribution in [2.24, 2.45) is 0 Å². The molecule has 0 spiro atoms. The van der Waals surface area contributed by atoms with E-state index in [-0.39, 0.29) is 17.5 Å². The van der Waals surface area contributed by atoms with Crippen LogP contribution in [-0.2, 0) is 24.7 Å². The second kappa shape index (κ2) is 8.09. The lowest BCUT2D eigenvalue weighted by Crippen LogP contribution is -2.52. The molecule has 0 aliphatic carbocycles. The fourth-order valence-corrected chi connectivity index (χ4v) is 4.03. The van der Waals surface area contributed by atoms with Gasteiger partial charge in [-0.05, 0) is 49.4 Å². The normalized spacial score (nSPS) is 14.5. The Bertz CT molecular complexity index is 1210. The number of benzene rings is 2. The summed E-state index contributed by atoms with van der Waals surface area (Å²) >= 11 is 0. The van der Waals surface area contributed by atoms with Crippen molar-refractivity contribution in [3.63, 3.8) is 0 Å². The monoisotopic (exact) mass is 484 g/mol. The van der Waals surface area contributed by atoms with Gasteiger partial charge < -0.3 is 10.4 Å². The van der Waals surface area contributed by atoms with Crippen LogP contribution >= 0.6 is 0 Å². The van der Waals surface area contributed by atoms with Gasteiger partial charge in [0, 0.05) is 5.69 Å². The number of aliphatic hydroxyl groups is 1. The highest BCUT2D eigenvalue weighted by atomic mass is 32.2. The number of hydrogen-bond donors (Lipinski definition) is 3. The van der Waals surface area contributed by atoms with Gasteiger partial charge in [-0.2, -0.15) is 13.2 Å². The van der Waals surface area contributed by atoms with Crippen LogP contribution < -0.4 is 10.0 Å². The summed E-state index contributed by atoms with van der Waals surface area (Å²) < 4.78 is 102. The molecule has 2 aromatic carbocycles. The van der Waals surface area contributed by atoms with E-state index in [1.165, 1.54) is 0 Å². The standard InChI is InChI=1S/C17H16F4N2O6S2/c1-16(25,17(19,20)21)15(24)22-14-8-7-12(9-13(14)18)31(28,29)11-5-3-10(4-6-11)23-30(2,26)27/h3-9,23,25H,1-2H3,(H,22,24)/t16-/m1/s1. The Balaban J connectivity index is 2.30. The van der Waals surface area contributed by atoms with E-state index in [1.807, 2.05) is 0 Å². The SMILES string of the molecule is C[C@@](O)(C(=O)Nc1ccc(S(=O)(=O)c2ccc(NS(C)(=O)=O)cc2)cc1F)C(F)(F)F. The molecular weight excluding hydrogens is 468 g/mol. The van der Waals surface area contributed by atoms with Crippen LogP contribution in [0.2, 0.25) is 0 Å². The number of halogens is 4. The summed E-state index contributed by atoms with van der Waals surface area (Å²) in [5.41, 5.74) is -4.49. The third kappa shape index (κ3) is 5.51. The number of nitrogens with one attached hydrogen (secondary N) is 2. The summed E-state index contributed by atoms with van der Waals surface area (Å²) in [6.07, 6.45) is -4.43. The van der Waals surface area contributed by atoms with Gasteiger partial charge in [0.1, 0.15) is 5.82 Å². The van der Waals surface area contributed by atoms with Crippen molar-refractivity contribution in [3.05, 3.63) is 48.3 Å². The summed E-state index contributed by atoms with van der Waals surface area (Å²) in [4.78, 5) is 10.8. The summed E-state index contributed by atoms with van der Waals surface area (Å²) in [5.74, 6) is -3.31. The van der Waals surface area contributed by atoms with Gasteiger partial charge in [0.15, 0.2) is 0 Å². The van der Waals surface area contributed by atoms with Gasteiger partial charge >= 0.3 is 6.18 Å². The molecule has 31 heavy (non-hydrogen) atoms. The Hall–Kier alpha value is -2.71. The molecular formula is C17H16F4N2O6S2. The molecule has 3 N–H and O–H groups in total. The van der Waals surface area contributed by atoms with Crippen LogP contribution in [0.5, 0.6) is 0 Å². The lowest BCUT2D eigenvalue weighted by atomic mass is 10.1. The molecule has 14 heteroatoms. The molecule has 0 saturated heterocycles. The van der Waals surface area contributed by atoms with Crippen LogP contribution in [0.25, 0.3) is 0 Å². The molecule has 0 saturated carbocycles. The van der Waals surface area contributed by atoms with Crippen LogP contribution in [0.1, 0.15) is 6.92 Å². The molecule has 0 fully saturated rings. The summed E-state index contributed by atoms with van der Waals surface area (Å²) in [6, 6.07) is 6.52. The van der Waals surface area contributed by atoms with E-state index in [4.69, 9.17) is 0 Å². The highest BCUT2D eigenvalue weighted by Crippen LogP contribution is 2.32. The highest BCUT2D eigenvalue weighted by molar-refractivity contribution is 7.92. The van der Waals surface area contributed by atoms with Gasteiger partial charge in [-0.3, -0.25) is 9.52 Å². The van der Waals surface area contributed by atoms with Gasteiger partial charge in [0.25, 0.3) is 5.91 Å². The quantitative estimate of drug-likeness (QED) is 0.540. The Morgan fingerprint density at radius 3 is 1.94 bits per heavy atom. The van der Waals surface area contributed by atoms with Crippen molar-refractivity contribution in [2.45, 2.75) is 28.5 Å². The lowest BCUT2D eigenvalue weighted by Gasteiger charge is -2.25. The maximum atomic E-state index is 14.3. The number of hydrogen-bond acceptors (Lipinski definition) is 6. The zero-order valence-electron chi connectivity index (χ0n) is 15.9. The van der Waals surface area contributed by atoms with Crippen LogP contribution in [0, 0.1) is 5.82 Å². The molecule has 0 radical (unpaired) electrons. The zero-order valence-corrected chi connectivity index (χ0v) is 17.5. The van der Waals surface area contributed by atoms with E-state index < -0.39 is 53.9 Å². The van der Waals surface area contributed by atoms with E-state index in [0.29, 0.717) is 6.07 Å². The molecule has 1 amide bonds. The van der Waals surface area contributed by atoms with Crippen molar-refractivity contribution < 1.29 is 44.3 Å². The Morgan fingerprint density at radius 1 is 0.968 bits per heavy atom. The number of carbonyl (C=O) groups is 1. The third-order valence-electron chi connectivity index (χ3n) is 3.96. The molecule has 2 aromatic rings. The second-order valence-electron chi connectivity index (χ2n) is 6.57. The van der Waals surface area contributed by atoms with Gasteiger partial charge in [-0.25, -0.2) is 21.2 Å². The first-order valence-corrected chi connectivity index (χ1v) is 11.6. The third-order valence-corrected chi connectivity index (χ3v) is 6.33. The Labute approximate surface area is 174 Å². The highest BCUT2D eigenvalue weighted by Gasteiger charge is 2.55. The largest absolute Gasteiger partial charge is 0.426 e. The molecule has 0 aromatic heterocycles. The minimum atomic E-state index is -5.32. The van der Waals surface area contributed by atoms with Crippen LogP contribution in [0.15, 0.2) is 52.3 Å². The van der Waals surface area contributed by atoms with E-state index in [1.54, 1.807) is 5.32 Å². The van der Waals surface area contributed by atoms with E-state index in [9.17, 15) is 44.3 Å². The Kier molecular flexibility index (Phi) is 6.41. The van der Waals surface area contributed by atoms with Crippen LogP contribution in [0.3, 0.4) is 0 Å². The zero-order chi connectivity index (χ0) is 23.8. The fourth-order valence-electron chi connectivity index (χ4n) is 2.19. The van der Waals surface area contributed by atoms with Crippen molar-refractivity contribution in [3.8, 4) is 0 Å². The lowest BCUT2D eigenvalue weighted by molar-refractivity contribution is -0.242. The first-order valence-electron chi connectivity index (χ1n) is 8.18. The number of anilines is 2. The van der Waals surface area contributed by atoms with E-state index in [2.05, 4.69) is 4.72 Å². The van der Waals surface area contributed by atoms with E-state index >= 15 is 0 Å². The van der Waals surface area contributed by atoms with Crippen molar-refractivity contribution >= 4 is 37.1 Å². The van der Waals surface area contributed by atoms with Crippen LogP contribution in [0.4, 0.5) is 28.9 Å². The van der Waals surface area contributed by atoms with Crippen LogP contribution in [-0.4, -0.2) is 45.9 Å². The van der Waals surface area contributed by atoms with Gasteiger partial charge in [-0.15, -0.1) is 0 Å². The smallest absolute Gasteiger partial charge is 0.373 e. The number of carbonyl (C=O) groups excluding carboxylic acids is 1. The summed E-state index contributed by atoms with van der Waals surface area (Å²) in [7, 11) is -7.87. The first kappa shape index (κ1) is 24.6. The second-order valence-corrected chi connectivity index (χ2v) is 10.3. The first-order chi connectivity index (χ1) is 13.9. The number of sulfonamides is 1. The van der Waals surface area contributed by atoms with Gasteiger partial charge in [0.2, 0.25) is 25.5 Å². The average molecular weight is 484 g/mol. The molecule has 0 bridgehead atoms. The molecule has 0 aliphatic rings. The molecule has 0 aliphatic heterocycles. The Morgan fingerprint density at radius 2 is 1.48 bits per heavy atom. The molecule has 170 valence electrons. The minimum Gasteiger partial charge on any atom is -0.373 e. The number of amides is 1. The van der Waals surface area contributed by atoms with E-state index in [0.717, 1.165) is 42.7 Å². The minimum absolute atomic E-state index is 0.0856. The maximum Gasteiger partial charge on any atom is 0.426 e. The number of sulfone groups is 1. The molecule has 1 atom stereocenters. The van der Waals surface area contributed by atoms with Gasteiger partial charge in [0.05, 0.1) is 21.7 Å². The topological polar surface area (TPSA) is 130 Å². The molecule has 0 unspecified atom stereocenters. The predicted octanol–water partition coefficient (Wildman–Crippen LogP) is 2.28. The predicted molar refractivity (Wildman–Crippen MR) is 102 cm³/mol. The maximum absolute atomic E-state index is 14.3. The number of rotatable bonds is 6. The van der Waals surface area contributed by atoms with Crippen molar-refractivity contribution in [1.82, 2.24) is 0 Å². The summed E-state index contributed by atoms with van der Waals surface area (Å²) in [6.45, 7) is 0.182. The molecule has 2 rings (SSSR count). The van der Waals surface area contributed by atoms with Gasteiger partial charge in [-0.1, -0.05) is 0 Å². The number of alkyl halides is 3.